The first-order chi connectivity index (χ1) is 7.22. The zero-order chi connectivity index (χ0) is 11.1. The van der Waals surface area contributed by atoms with Gasteiger partial charge in [-0.05, 0) is 19.3 Å². The van der Waals surface area contributed by atoms with Crippen LogP contribution in [0.2, 0.25) is 0 Å². The van der Waals surface area contributed by atoms with E-state index in [4.69, 9.17) is 4.74 Å². The van der Waals surface area contributed by atoms with Crippen molar-refractivity contribution in [3.05, 3.63) is 0 Å². The van der Waals surface area contributed by atoms with E-state index < -0.39 is 6.10 Å². The maximum absolute atomic E-state index is 11.2. The van der Waals surface area contributed by atoms with Gasteiger partial charge < -0.3 is 20.5 Å². The molecule has 88 valence electrons. The Morgan fingerprint density at radius 1 is 1.60 bits per heavy atom. The fourth-order valence-corrected chi connectivity index (χ4v) is 1.24. The molecule has 0 aliphatic heterocycles. The molecule has 0 aromatic heterocycles. The van der Waals surface area contributed by atoms with E-state index in [1.165, 1.54) is 12.8 Å². The summed E-state index contributed by atoms with van der Waals surface area (Å²) in [6.07, 6.45) is 2.40. The van der Waals surface area contributed by atoms with E-state index in [1.807, 2.05) is 0 Å². The van der Waals surface area contributed by atoms with Gasteiger partial charge in [0, 0.05) is 19.7 Å². The molecule has 1 aliphatic carbocycles. The van der Waals surface area contributed by atoms with E-state index >= 15 is 0 Å². The summed E-state index contributed by atoms with van der Waals surface area (Å²) in [5.41, 5.74) is 0. The summed E-state index contributed by atoms with van der Waals surface area (Å²) >= 11 is 0. The first kappa shape index (κ1) is 12.4. The van der Waals surface area contributed by atoms with E-state index in [1.54, 1.807) is 7.11 Å². The van der Waals surface area contributed by atoms with E-state index in [-0.39, 0.29) is 5.91 Å². The van der Waals surface area contributed by atoms with Gasteiger partial charge in [0.1, 0.15) is 0 Å². The Balaban J connectivity index is 1.91. The normalized spacial score (nSPS) is 17.5. The number of carbonyl (C=O) groups is 1. The van der Waals surface area contributed by atoms with Crippen molar-refractivity contribution in [2.45, 2.75) is 31.4 Å². The molecule has 15 heavy (non-hydrogen) atoms. The third-order valence-corrected chi connectivity index (χ3v) is 2.29. The summed E-state index contributed by atoms with van der Waals surface area (Å²) in [6, 6.07) is 0.551. The van der Waals surface area contributed by atoms with Crippen molar-refractivity contribution in [2.75, 3.05) is 26.8 Å². The maximum atomic E-state index is 11.2. The average Bonchev–Trinajstić information content (AvgIpc) is 2.98. The van der Waals surface area contributed by atoms with Crippen molar-refractivity contribution >= 4 is 5.91 Å². The molecule has 1 aliphatic rings. The van der Waals surface area contributed by atoms with Crippen molar-refractivity contribution in [1.82, 2.24) is 10.6 Å². The molecule has 0 spiro atoms. The minimum Gasteiger partial charge on any atom is -0.391 e. The lowest BCUT2D eigenvalue weighted by Gasteiger charge is -2.10. The van der Waals surface area contributed by atoms with Gasteiger partial charge in [-0.15, -0.1) is 0 Å². The Morgan fingerprint density at radius 2 is 2.33 bits per heavy atom. The predicted octanol–water partition coefficient (Wildman–Crippen LogP) is -0.748. The molecule has 0 bridgehead atoms. The van der Waals surface area contributed by atoms with Crippen LogP contribution in [0.3, 0.4) is 0 Å². The molecule has 0 saturated heterocycles. The minimum absolute atomic E-state index is 0.00785. The molecule has 0 aromatic carbocycles. The largest absolute Gasteiger partial charge is 0.391 e. The quantitative estimate of drug-likeness (QED) is 0.499. The number of nitrogens with one attached hydrogen (secondary N) is 2. The second-order valence-electron chi connectivity index (χ2n) is 3.90. The number of methoxy groups -OCH3 is 1. The summed E-state index contributed by atoms with van der Waals surface area (Å²) in [4.78, 5) is 11.2. The lowest BCUT2D eigenvalue weighted by molar-refractivity contribution is -0.120. The summed E-state index contributed by atoms with van der Waals surface area (Å²) < 4.78 is 4.77. The first-order valence-electron chi connectivity index (χ1n) is 5.39. The van der Waals surface area contributed by atoms with E-state index in [2.05, 4.69) is 10.6 Å². The Bertz CT molecular complexity index is 195. The van der Waals surface area contributed by atoms with Crippen molar-refractivity contribution in [3.8, 4) is 0 Å². The van der Waals surface area contributed by atoms with Crippen LogP contribution in [-0.4, -0.2) is 50.0 Å². The number of carbonyl (C=O) groups excluding carboxylic acids is 1. The number of hydrogen-bond acceptors (Lipinski definition) is 4. The van der Waals surface area contributed by atoms with Crippen LogP contribution >= 0.6 is 0 Å². The van der Waals surface area contributed by atoms with E-state index in [9.17, 15) is 9.90 Å². The summed E-state index contributed by atoms with van der Waals surface area (Å²) in [7, 11) is 1.54. The third kappa shape index (κ3) is 6.43. The lowest BCUT2D eigenvalue weighted by atomic mass is 10.2. The van der Waals surface area contributed by atoms with Crippen LogP contribution < -0.4 is 10.6 Å². The highest BCUT2D eigenvalue weighted by molar-refractivity contribution is 5.78. The molecule has 3 N–H and O–H groups in total. The number of rotatable bonds is 8. The van der Waals surface area contributed by atoms with Gasteiger partial charge in [-0.25, -0.2) is 0 Å². The van der Waals surface area contributed by atoms with Gasteiger partial charge in [-0.3, -0.25) is 4.79 Å². The van der Waals surface area contributed by atoms with Gasteiger partial charge in [0.2, 0.25) is 5.91 Å². The Morgan fingerprint density at radius 3 is 2.93 bits per heavy atom. The minimum atomic E-state index is -0.494. The van der Waals surface area contributed by atoms with Gasteiger partial charge in [0.15, 0.2) is 0 Å². The molecule has 1 atom stereocenters. The highest BCUT2D eigenvalue weighted by Gasteiger charge is 2.20. The van der Waals surface area contributed by atoms with Crippen molar-refractivity contribution in [1.29, 1.82) is 0 Å². The number of amides is 1. The highest BCUT2D eigenvalue weighted by Crippen LogP contribution is 2.17. The third-order valence-electron chi connectivity index (χ3n) is 2.29. The van der Waals surface area contributed by atoms with Gasteiger partial charge >= 0.3 is 0 Å². The van der Waals surface area contributed by atoms with Crippen LogP contribution in [-0.2, 0) is 9.53 Å². The molecule has 1 saturated carbocycles. The standard InChI is InChI=1S/C10H20N2O3/c1-15-7-9(13)4-5-11-10(14)6-12-8-2-3-8/h8-9,12-13H,2-7H2,1H3,(H,11,14). The van der Waals surface area contributed by atoms with Gasteiger partial charge in [-0.2, -0.15) is 0 Å². The topological polar surface area (TPSA) is 70.6 Å². The van der Waals surface area contributed by atoms with Gasteiger partial charge in [0.25, 0.3) is 0 Å². The summed E-state index contributed by atoms with van der Waals surface area (Å²) in [5, 5.41) is 15.2. The predicted molar refractivity (Wildman–Crippen MR) is 56.5 cm³/mol. The number of hydrogen-bond donors (Lipinski definition) is 3. The zero-order valence-electron chi connectivity index (χ0n) is 9.16. The highest BCUT2D eigenvalue weighted by atomic mass is 16.5. The summed E-state index contributed by atoms with van der Waals surface area (Å²) in [5.74, 6) is -0.00785. The number of aliphatic hydroxyl groups excluding tert-OH is 1. The molecular weight excluding hydrogens is 196 g/mol. The Labute approximate surface area is 90.2 Å². The van der Waals surface area contributed by atoms with Crippen LogP contribution in [0.5, 0.6) is 0 Å². The smallest absolute Gasteiger partial charge is 0.233 e. The van der Waals surface area contributed by atoms with Crippen LogP contribution in [0.15, 0.2) is 0 Å². The molecular formula is C10H20N2O3. The van der Waals surface area contributed by atoms with Gasteiger partial charge in [-0.1, -0.05) is 0 Å². The second kappa shape index (κ2) is 6.76. The number of aliphatic hydroxyl groups is 1. The lowest BCUT2D eigenvalue weighted by Crippen LogP contribution is -2.36. The van der Waals surface area contributed by atoms with E-state index in [0.717, 1.165) is 0 Å². The molecule has 5 nitrogen and oxygen atoms in total. The molecule has 1 fully saturated rings. The molecule has 0 radical (unpaired) electrons. The van der Waals surface area contributed by atoms with Crippen LogP contribution in [0.4, 0.5) is 0 Å². The van der Waals surface area contributed by atoms with Crippen LogP contribution in [0.1, 0.15) is 19.3 Å². The molecule has 0 heterocycles. The molecule has 1 rings (SSSR count). The monoisotopic (exact) mass is 216 g/mol. The van der Waals surface area contributed by atoms with E-state index in [0.29, 0.717) is 32.2 Å². The van der Waals surface area contributed by atoms with Crippen molar-refractivity contribution in [2.24, 2.45) is 0 Å². The zero-order valence-corrected chi connectivity index (χ0v) is 9.16. The average molecular weight is 216 g/mol. The van der Waals surface area contributed by atoms with Gasteiger partial charge in [0.05, 0.1) is 19.3 Å². The van der Waals surface area contributed by atoms with Crippen LogP contribution in [0.25, 0.3) is 0 Å². The van der Waals surface area contributed by atoms with Crippen molar-refractivity contribution < 1.29 is 14.6 Å². The Hall–Kier alpha value is -0.650. The molecule has 0 aromatic rings. The summed E-state index contributed by atoms with van der Waals surface area (Å²) in [6.45, 7) is 1.19. The second-order valence-corrected chi connectivity index (χ2v) is 3.90. The molecule has 5 heteroatoms. The van der Waals surface area contributed by atoms with Crippen molar-refractivity contribution in [3.63, 3.8) is 0 Å². The SMILES string of the molecule is COCC(O)CCNC(=O)CNC1CC1. The molecule has 1 unspecified atom stereocenters. The Kier molecular flexibility index (Phi) is 5.60. The fourth-order valence-electron chi connectivity index (χ4n) is 1.24. The van der Waals surface area contributed by atoms with Crippen LogP contribution in [0, 0.1) is 0 Å². The molecule has 1 amide bonds. The first-order valence-corrected chi connectivity index (χ1v) is 5.39. The maximum Gasteiger partial charge on any atom is 0.233 e. The fraction of sp³-hybridized carbons (Fsp3) is 0.900. The number of ether oxygens (including phenoxy) is 1.